The molecule has 0 bridgehead atoms. The summed E-state index contributed by atoms with van der Waals surface area (Å²) in [7, 11) is -3.58. The van der Waals surface area contributed by atoms with Gasteiger partial charge < -0.3 is 5.32 Å². The van der Waals surface area contributed by atoms with Crippen LogP contribution in [0.4, 0.5) is 14.5 Å². The number of benzene rings is 2. The molecule has 1 fully saturated rings. The van der Waals surface area contributed by atoms with E-state index in [1.807, 2.05) is 12.1 Å². The molecule has 1 N–H and O–H groups in total. The SMILES string of the molecule is O=C(Nc1ccc(SC(F)F)cc1)C1CCN(S(=O)(=O)c2ccc3c(c2)CCCC3)CC1. The molecule has 9 heteroatoms. The number of carbonyl (C=O) groups is 1. The van der Waals surface area contributed by atoms with Gasteiger partial charge in [-0.15, -0.1) is 0 Å². The van der Waals surface area contributed by atoms with Gasteiger partial charge in [-0.3, -0.25) is 4.79 Å². The predicted octanol–water partition coefficient (Wildman–Crippen LogP) is 4.92. The molecule has 1 aliphatic heterocycles. The molecule has 0 spiro atoms. The third-order valence-electron chi connectivity index (χ3n) is 6.13. The number of fused-ring (bicyclic) bond motifs is 1. The summed E-state index contributed by atoms with van der Waals surface area (Å²) < 4.78 is 52.5. The fourth-order valence-electron chi connectivity index (χ4n) is 4.34. The number of nitrogens with zero attached hydrogens (tertiary/aromatic N) is 1. The zero-order valence-electron chi connectivity index (χ0n) is 17.6. The molecule has 2 aromatic carbocycles. The Morgan fingerprint density at radius 2 is 1.66 bits per heavy atom. The van der Waals surface area contributed by atoms with E-state index in [1.165, 1.54) is 9.87 Å². The van der Waals surface area contributed by atoms with Gasteiger partial charge in [-0.05, 0) is 86.1 Å². The maximum Gasteiger partial charge on any atom is 0.288 e. The molecule has 2 aliphatic rings. The molecule has 1 saturated heterocycles. The Labute approximate surface area is 191 Å². The highest BCUT2D eigenvalue weighted by molar-refractivity contribution is 7.99. The normalized spacial score (nSPS) is 17.8. The highest BCUT2D eigenvalue weighted by atomic mass is 32.2. The molecule has 1 aliphatic carbocycles. The van der Waals surface area contributed by atoms with Gasteiger partial charge in [-0.2, -0.15) is 13.1 Å². The number of anilines is 1. The second kappa shape index (κ2) is 9.89. The number of carbonyl (C=O) groups excluding carboxylic acids is 1. The standard InChI is InChI=1S/C23H26F2N2O3S2/c24-23(25)31-20-8-6-19(7-9-20)26-22(28)17-11-13-27(14-12-17)32(29,30)21-10-5-16-3-1-2-4-18(16)15-21/h5-10,15,17,23H,1-4,11-14H2,(H,26,28). The highest BCUT2D eigenvalue weighted by Gasteiger charge is 2.32. The van der Waals surface area contributed by atoms with Crippen LogP contribution >= 0.6 is 11.8 Å². The van der Waals surface area contributed by atoms with E-state index in [4.69, 9.17) is 0 Å². The minimum atomic E-state index is -3.58. The van der Waals surface area contributed by atoms with Crippen molar-refractivity contribution in [3.05, 3.63) is 53.6 Å². The van der Waals surface area contributed by atoms with Gasteiger partial charge in [0.25, 0.3) is 5.76 Å². The lowest BCUT2D eigenvalue weighted by atomic mass is 9.92. The zero-order valence-corrected chi connectivity index (χ0v) is 19.2. The number of thioether (sulfide) groups is 1. The Morgan fingerprint density at radius 1 is 1.00 bits per heavy atom. The topological polar surface area (TPSA) is 66.5 Å². The van der Waals surface area contributed by atoms with Crippen molar-refractivity contribution in [1.29, 1.82) is 0 Å². The fourth-order valence-corrected chi connectivity index (χ4v) is 6.36. The molecule has 0 aromatic heterocycles. The van der Waals surface area contributed by atoms with E-state index in [0.29, 0.717) is 53.2 Å². The second-order valence-corrected chi connectivity index (χ2v) is 11.2. The average molecular weight is 481 g/mol. The van der Waals surface area contributed by atoms with E-state index in [1.54, 1.807) is 30.3 Å². The second-order valence-electron chi connectivity index (χ2n) is 8.21. The molecule has 0 unspecified atom stereocenters. The molecule has 2 aromatic rings. The maximum atomic E-state index is 13.1. The monoisotopic (exact) mass is 480 g/mol. The number of aryl methyl sites for hydroxylation is 2. The Kier molecular flexibility index (Phi) is 7.17. The van der Waals surface area contributed by atoms with E-state index >= 15 is 0 Å². The minimum Gasteiger partial charge on any atom is -0.326 e. The fraction of sp³-hybridized carbons (Fsp3) is 0.435. The summed E-state index contributed by atoms with van der Waals surface area (Å²) in [6.07, 6.45) is 5.04. The van der Waals surface area contributed by atoms with Crippen LogP contribution in [0.25, 0.3) is 0 Å². The number of amides is 1. The Morgan fingerprint density at radius 3 is 2.31 bits per heavy atom. The summed E-state index contributed by atoms with van der Waals surface area (Å²) in [5.74, 6) is -2.96. The van der Waals surface area contributed by atoms with Crippen LogP contribution in [-0.4, -0.2) is 37.5 Å². The molecule has 0 saturated carbocycles. The van der Waals surface area contributed by atoms with E-state index in [-0.39, 0.29) is 11.8 Å². The smallest absolute Gasteiger partial charge is 0.288 e. The summed E-state index contributed by atoms with van der Waals surface area (Å²) in [5.41, 5.74) is 2.91. The molecule has 0 atom stereocenters. The molecular weight excluding hydrogens is 454 g/mol. The number of alkyl halides is 2. The van der Waals surface area contributed by atoms with E-state index in [2.05, 4.69) is 5.32 Å². The lowest BCUT2D eigenvalue weighted by Crippen LogP contribution is -2.41. The van der Waals surface area contributed by atoms with Gasteiger partial charge in [0.05, 0.1) is 4.90 Å². The van der Waals surface area contributed by atoms with E-state index < -0.39 is 15.8 Å². The van der Waals surface area contributed by atoms with Gasteiger partial charge >= 0.3 is 0 Å². The van der Waals surface area contributed by atoms with Crippen molar-refractivity contribution in [3.8, 4) is 0 Å². The molecule has 4 rings (SSSR count). The first-order valence-corrected chi connectivity index (χ1v) is 13.1. The third kappa shape index (κ3) is 5.32. The van der Waals surface area contributed by atoms with Crippen molar-refractivity contribution in [3.63, 3.8) is 0 Å². The molecule has 0 radical (unpaired) electrons. The van der Waals surface area contributed by atoms with Gasteiger partial charge in [0.15, 0.2) is 0 Å². The Balaban J connectivity index is 1.34. The largest absolute Gasteiger partial charge is 0.326 e. The van der Waals surface area contributed by atoms with Gasteiger partial charge in [0.1, 0.15) is 0 Å². The lowest BCUT2D eigenvalue weighted by Gasteiger charge is -2.31. The number of piperidine rings is 1. The molecule has 1 amide bonds. The van der Waals surface area contributed by atoms with Crippen molar-refractivity contribution in [2.24, 2.45) is 5.92 Å². The van der Waals surface area contributed by atoms with Crippen LogP contribution in [0, 0.1) is 5.92 Å². The van der Waals surface area contributed by atoms with Crippen LogP contribution in [0.15, 0.2) is 52.3 Å². The predicted molar refractivity (Wildman–Crippen MR) is 121 cm³/mol. The summed E-state index contributed by atoms with van der Waals surface area (Å²) in [4.78, 5) is 13.4. The van der Waals surface area contributed by atoms with E-state index in [9.17, 15) is 22.0 Å². The van der Waals surface area contributed by atoms with Crippen molar-refractivity contribution in [2.75, 3.05) is 18.4 Å². The van der Waals surface area contributed by atoms with Crippen LogP contribution in [0.5, 0.6) is 0 Å². The first-order valence-electron chi connectivity index (χ1n) is 10.8. The zero-order chi connectivity index (χ0) is 22.7. The van der Waals surface area contributed by atoms with Crippen molar-refractivity contribution >= 4 is 33.4 Å². The number of halogens is 2. The summed E-state index contributed by atoms with van der Waals surface area (Å²) in [6, 6.07) is 11.7. The number of hydrogen-bond acceptors (Lipinski definition) is 4. The third-order valence-corrected chi connectivity index (χ3v) is 8.75. The number of rotatable bonds is 6. The lowest BCUT2D eigenvalue weighted by molar-refractivity contribution is -0.120. The minimum absolute atomic E-state index is 0.176. The van der Waals surface area contributed by atoms with Gasteiger partial charge in [-0.25, -0.2) is 8.42 Å². The van der Waals surface area contributed by atoms with Gasteiger partial charge in [0, 0.05) is 29.6 Å². The Hall–Kier alpha value is -1.97. The molecule has 172 valence electrons. The molecule has 32 heavy (non-hydrogen) atoms. The van der Waals surface area contributed by atoms with Gasteiger partial charge in [-0.1, -0.05) is 17.8 Å². The van der Waals surface area contributed by atoms with Crippen LogP contribution in [-0.2, 0) is 27.7 Å². The Bertz CT molecular complexity index is 1070. The quantitative estimate of drug-likeness (QED) is 0.596. The molecular formula is C23H26F2N2O3S2. The van der Waals surface area contributed by atoms with Crippen LogP contribution in [0.2, 0.25) is 0 Å². The summed E-state index contributed by atoms with van der Waals surface area (Å²) >= 11 is 0.454. The van der Waals surface area contributed by atoms with Crippen LogP contribution in [0.3, 0.4) is 0 Å². The van der Waals surface area contributed by atoms with Crippen molar-refractivity contribution < 1.29 is 22.0 Å². The summed E-state index contributed by atoms with van der Waals surface area (Å²) in [6.45, 7) is 0.586. The average Bonchev–Trinajstić information content (AvgIpc) is 2.79. The van der Waals surface area contributed by atoms with Gasteiger partial charge in [0.2, 0.25) is 15.9 Å². The first kappa shape index (κ1) is 23.2. The highest BCUT2D eigenvalue weighted by Crippen LogP contribution is 2.29. The summed E-state index contributed by atoms with van der Waals surface area (Å²) in [5, 5.41) is 2.81. The molecule has 5 nitrogen and oxygen atoms in total. The van der Waals surface area contributed by atoms with Crippen molar-refractivity contribution in [1.82, 2.24) is 4.31 Å². The van der Waals surface area contributed by atoms with E-state index in [0.717, 1.165) is 31.2 Å². The first-order chi connectivity index (χ1) is 15.3. The number of nitrogens with one attached hydrogen (secondary N) is 1. The number of sulfonamides is 1. The van der Waals surface area contributed by atoms with Crippen LogP contribution in [0.1, 0.15) is 36.8 Å². The molecule has 1 heterocycles. The van der Waals surface area contributed by atoms with Crippen LogP contribution < -0.4 is 5.32 Å². The maximum absolute atomic E-state index is 13.1. The van der Waals surface area contributed by atoms with Crippen molar-refractivity contribution in [2.45, 2.75) is 54.1 Å². The number of hydrogen-bond donors (Lipinski definition) is 1.